The number of halogens is 2. The van der Waals surface area contributed by atoms with Gasteiger partial charge in [0.2, 0.25) is 5.91 Å². The van der Waals surface area contributed by atoms with Gasteiger partial charge < -0.3 is 14.6 Å². The molecule has 2 aromatic carbocycles. The number of pyridine rings is 1. The molecule has 0 radical (unpaired) electrons. The van der Waals surface area contributed by atoms with Crippen LogP contribution in [-0.2, 0) is 11.3 Å². The van der Waals surface area contributed by atoms with E-state index >= 15 is 0 Å². The van der Waals surface area contributed by atoms with E-state index in [9.17, 15) is 9.18 Å². The molecule has 6 rings (SSSR count). The van der Waals surface area contributed by atoms with E-state index in [1.54, 1.807) is 29.4 Å². The van der Waals surface area contributed by atoms with Gasteiger partial charge in [0, 0.05) is 41.8 Å². The van der Waals surface area contributed by atoms with E-state index in [0.717, 1.165) is 27.7 Å². The number of aromatic amines is 1. The summed E-state index contributed by atoms with van der Waals surface area (Å²) in [6.45, 7) is 2.84. The van der Waals surface area contributed by atoms with E-state index in [1.165, 1.54) is 6.07 Å². The number of rotatable bonds is 4. The predicted molar refractivity (Wildman–Crippen MR) is 130 cm³/mol. The molecule has 0 spiro atoms. The van der Waals surface area contributed by atoms with Gasteiger partial charge in [-0.3, -0.25) is 14.7 Å². The number of fused-ring (bicyclic) bond motifs is 2. The molecule has 1 fully saturated rings. The largest absolute Gasteiger partial charge is 0.489 e. The first kappa shape index (κ1) is 21.1. The van der Waals surface area contributed by atoms with Crippen molar-refractivity contribution in [3.63, 3.8) is 0 Å². The highest BCUT2D eigenvalue weighted by Gasteiger charge is 2.38. The molecule has 0 bridgehead atoms. The van der Waals surface area contributed by atoms with Crippen molar-refractivity contribution in [3.05, 3.63) is 77.3 Å². The zero-order chi connectivity index (χ0) is 23.2. The fourth-order valence-electron chi connectivity index (χ4n) is 4.78. The second-order valence-electron chi connectivity index (χ2n) is 8.81. The molecule has 0 saturated carbocycles. The summed E-state index contributed by atoms with van der Waals surface area (Å²) >= 11 is 6.13. The molecule has 2 aliphatic rings. The first-order valence-electron chi connectivity index (χ1n) is 11.2. The Bertz CT molecular complexity index is 1400. The van der Waals surface area contributed by atoms with E-state index in [4.69, 9.17) is 16.3 Å². The molecule has 172 valence electrons. The number of H-pyrrole nitrogens is 1. The standard InChI is InChI=1S/C26H22ClFN4O2/c27-19-5-4-17-9-23(30-22(17)10-19)21-11-29-12-24-25(21)34-7-6-32(24)26(33)18-14-31(15-18)13-16-2-1-3-20(28)8-16/h1-5,8-12,18,30H,6-7,13-15H2. The second-order valence-corrected chi connectivity index (χ2v) is 9.25. The van der Waals surface area contributed by atoms with E-state index in [1.807, 2.05) is 30.3 Å². The van der Waals surface area contributed by atoms with Crippen molar-refractivity contribution in [2.75, 3.05) is 31.1 Å². The summed E-state index contributed by atoms with van der Waals surface area (Å²) in [6.07, 6.45) is 3.45. The number of aromatic nitrogens is 2. The lowest BCUT2D eigenvalue weighted by Crippen LogP contribution is -2.55. The summed E-state index contributed by atoms with van der Waals surface area (Å²) in [5.41, 5.74) is 4.20. The molecule has 2 aliphatic heterocycles. The maximum atomic E-state index is 13.5. The molecular weight excluding hydrogens is 455 g/mol. The summed E-state index contributed by atoms with van der Waals surface area (Å²) in [5.74, 6) is 0.390. The van der Waals surface area contributed by atoms with Crippen LogP contribution in [0.4, 0.5) is 10.1 Å². The van der Waals surface area contributed by atoms with Crippen LogP contribution >= 0.6 is 11.6 Å². The summed E-state index contributed by atoms with van der Waals surface area (Å²) in [4.78, 5) is 25.1. The van der Waals surface area contributed by atoms with Crippen LogP contribution in [0.1, 0.15) is 5.56 Å². The molecular formula is C26H22ClFN4O2. The van der Waals surface area contributed by atoms with Crippen molar-refractivity contribution in [3.8, 4) is 17.0 Å². The Labute approximate surface area is 200 Å². The third-order valence-corrected chi connectivity index (χ3v) is 6.71. The van der Waals surface area contributed by atoms with Crippen LogP contribution in [0.5, 0.6) is 5.75 Å². The van der Waals surface area contributed by atoms with Gasteiger partial charge >= 0.3 is 0 Å². The minimum atomic E-state index is -0.239. The SMILES string of the molecule is O=C(C1CN(Cc2cccc(F)c2)C1)N1CCOc2c(-c3cc4ccc(Cl)cc4[nH]3)cncc21. The van der Waals surface area contributed by atoms with Gasteiger partial charge in [0.25, 0.3) is 0 Å². The van der Waals surface area contributed by atoms with Crippen molar-refractivity contribution in [1.29, 1.82) is 0 Å². The molecule has 6 nitrogen and oxygen atoms in total. The minimum absolute atomic E-state index is 0.0717. The number of hydrogen-bond donors (Lipinski definition) is 1. The molecule has 0 unspecified atom stereocenters. The minimum Gasteiger partial charge on any atom is -0.489 e. The van der Waals surface area contributed by atoms with Gasteiger partial charge in [0.1, 0.15) is 18.1 Å². The lowest BCUT2D eigenvalue weighted by Gasteiger charge is -2.41. The van der Waals surface area contributed by atoms with Crippen LogP contribution in [-0.4, -0.2) is 47.0 Å². The number of benzene rings is 2. The molecule has 1 N–H and O–H groups in total. The average molecular weight is 477 g/mol. The van der Waals surface area contributed by atoms with Crippen LogP contribution in [0.15, 0.2) is 60.9 Å². The Morgan fingerprint density at radius 2 is 2.06 bits per heavy atom. The van der Waals surface area contributed by atoms with E-state index in [-0.39, 0.29) is 17.6 Å². The number of nitrogens with zero attached hydrogens (tertiary/aromatic N) is 3. The van der Waals surface area contributed by atoms with Crippen LogP contribution in [0, 0.1) is 11.7 Å². The summed E-state index contributed by atoms with van der Waals surface area (Å²) in [7, 11) is 0. The Morgan fingerprint density at radius 1 is 1.18 bits per heavy atom. The van der Waals surface area contributed by atoms with Gasteiger partial charge in [-0.2, -0.15) is 0 Å². The molecule has 8 heteroatoms. The monoisotopic (exact) mass is 476 g/mol. The average Bonchev–Trinajstić information content (AvgIpc) is 3.23. The van der Waals surface area contributed by atoms with Gasteiger partial charge in [-0.05, 0) is 35.9 Å². The van der Waals surface area contributed by atoms with Crippen LogP contribution < -0.4 is 9.64 Å². The van der Waals surface area contributed by atoms with Crippen molar-refractivity contribution in [1.82, 2.24) is 14.9 Å². The predicted octanol–water partition coefficient (Wildman–Crippen LogP) is 4.88. The number of ether oxygens (including phenoxy) is 1. The van der Waals surface area contributed by atoms with Gasteiger partial charge in [0.05, 0.1) is 29.9 Å². The number of amides is 1. The highest BCUT2D eigenvalue weighted by Crippen LogP contribution is 2.41. The fraction of sp³-hybridized carbons (Fsp3) is 0.231. The number of nitrogens with one attached hydrogen (secondary N) is 1. The summed E-state index contributed by atoms with van der Waals surface area (Å²) in [6, 6.07) is 14.3. The van der Waals surface area contributed by atoms with Gasteiger partial charge in [-0.15, -0.1) is 0 Å². The van der Waals surface area contributed by atoms with Gasteiger partial charge in [0.15, 0.2) is 5.75 Å². The number of carbonyl (C=O) groups excluding carboxylic acids is 1. The lowest BCUT2D eigenvalue weighted by molar-refractivity contribution is -0.128. The van der Waals surface area contributed by atoms with Crippen molar-refractivity contribution < 1.29 is 13.9 Å². The molecule has 2 aromatic heterocycles. The first-order chi connectivity index (χ1) is 16.5. The molecule has 1 saturated heterocycles. The Balaban J connectivity index is 1.21. The zero-order valence-corrected chi connectivity index (χ0v) is 19.1. The molecule has 0 atom stereocenters. The number of anilines is 1. The molecule has 1 amide bonds. The van der Waals surface area contributed by atoms with Crippen LogP contribution in [0.2, 0.25) is 5.02 Å². The molecule has 4 heterocycles. The number of hydrogen-bond acceptors (Lipinski definition) is 4. The van der Waals surface area contributed by atoms with Crippen LogP contribution in [0.3, 0.4) is 0 Å². The van der Waals surface area contributed by atoms with E-state index in [2.05, 4.69) is 14.9 Å². The first-order valence-corrected chi connectivity index (χ1v) is 11.6. The highest BCUT2D eigenvalue weighted by atomic mass is 35.5. The smallest absolute Gasteiger partial charge is 0.232 e. The lowest BCUT2D eigenvalue weighted by atomic mass is 9.96. The van der Waals surface area contributed by atoms with Crippen LogP contribution in [0.25, 0.3) is 22.2 Å². The van der Waals surface area contributed by atoms with Crippen molar-refractivity contribution in [2.24, 2.45) is 5.92 Å². The quantitative estimate of drug-likeness (QED) is 0.456. The normalized spacial score (nSPS) is 16.2. The fourth-order valence-corrected chi connectivity index (χ4v) is 4.95. The second kappa shape index (κ2) is 8.42. The zero-order valence-electron chi connectivity index (χ0n) is 18.3. The maximum Gasteiger partial charge on any atom is 0.232 e. The van der Waals surface area contributed by atoms with Crippen molar-refractivity contribution in [2.45, 2.75) is 6.54 Å². The number of likely N-dealkylation sites (tertiary alicyclic amines) is 1. The van der Waals surface area contributed by atoms with E-state index < -0.39 is 0 Å². The summed E-state index contributed by atoms with van der Waals surface area (Å²) in [5, 5.41) is 1.70. The Morgan fingerprint density at radius 3 is 2.91 bits per heavy atom. The summed E-state index contributed by atoms with van der Waals surface area (Å²) < 4.78 is 19.5. The third kappa shape index (κ3) is 3.81. The third-order valence-electron chi connectivity index (χ3n) is 6.47. The number of carbonyl (C=O) groups is 1. The van der Waals surface area contributed by atoms with Crippen molar-refractivity contribution >= 4 is 34.1 Å². The van der Waals surface area contributed by atoms with E-state index in [0.29, 0.717) is 49.2 Å². The molecule has 34 heavy (non-hydrogen) atoms. The Kier molecular flexibility index (Phi) is 5.23. The molecule has 0 aliphatic carbocycles. The molecule has 4 aromatic rings. The van der Waals surface area contributed by atoms with Gasteiger partial charge in [-0.1, -0.05) is 29.8 Å². The van der Waals surface area contributed by atoms with Gasteiger partial charge in [-0.25, -0.2) is 4.39 Å². The maximum absolute atomic E-state index is 13.5. The Hall–Kier alpha value is -3.42. The highest BCUT2D eigenvalue weighted by molar-refractivity contribution is 6.31. The topological polar surface area (TPSA) is 61.5 Å².